The molecule has 0 amide bonds. The molecule has 0 radical (unpaired) electrons. The molecule has 1 aliphatic carbocycles. The Morgan fingerprint density at radius 1 is 0.610 bits per heavy atom. The van der Waals surface area contributed by atoms with E-state index in [0.29, 0.717) is 5.84 Å². The van der Waals surface area contributed by atoms with Gasteiger partial charge in [0, 0.05) is 56.7 Å². The zero-order chi connectivity index (χ0) is 39.7. The fourth-order valence-electron chi connectivity index (χ4n) is 8.94. The lowest BCUT2D eigenvalue weighted by molar-refractivity contribution is 0.759. The molecule has 8 aromatic rings. The number of anilines is 3. The quantitative estimate of drug-likeness (QED) is 0.124. The summed E-state index contributed by atoms with van der Waals surface area (Å²) in [6.45, 7) is 2.20. The van der Waals surface area contributed by atoms with Crippen LogP contribution < -0.4 is 10.6 Å². The van der Waals surface area contributed by atoms with Crippen molar-refractivity contribution in [2.24, 2.45) is 10.7 Å². The highest BCUT2D eigenvalue weighted by atomic mass is 15.2. The predicted molar refractivity (Wildman–Crippen MR) is 247 cm³/mol. The molecule has 4 heteroatoms. The van der Waals surface area contributed by atoms with Crippen molar-refractivity contribution < 1.29 is 0 Å². The summed E-state index contributed by atoms with van der Waals surface area (Å²) in [6.07, 6.45) is 7.86. The molecule has 2 N–H and O–H groups in total. The van der Waals surface area contributed by atoms with Crippen molar-refractivity contribution in [3.05, 3.63) is 240 Å². The van der Waals surface area contributed by atoms with Crippen LogP contribution in [0.25, 0.3) is 39.8 Å². The van der Waals surface area contributed by atoms with E-state index in [4.69, 9.17) is 10.7 Å². The maximum atomic E-state index is 6.87. The van der Waals surface area contributed by atoms with Crippen LogP contribution in [0.15, 0.2) is 211 Å². The maximum Gasteiger partial charge on any atom is 0.131 e. The number of amidine groups is 1. The van der Waals surface area contributed by atoms with E-state index in [1.165, 1.54) is 44.8 Å². The van der Waals surface area contributed by atoms with E-state index < -0.39 is 0 Å². The first kappa shape index (κ1) is 35.9. The molecule has 2 atom stereocenters. The third-order valence-electron chi connectivity index (χ3n) is 11.7. The van der Waals surface area contributed by atoms with Crippen molar-refractivity contribution in [2.45, 2.75) is 25.2 Å². The molecular formula is C55H44N4. The summed E-state index contributed by atoms with van der Waals surface area (Å²) in [7, 11) is 0. The zero-order valence-corrected chi connectivity index (χ0v) is 33.0. The number of para-hydroxylation sites is 3. The van der Waals surface area contributed by atoms with Gasteiger partial charge in [0.05, 0.1) is 22.8 Å². The Kier molecular flexibility index (Phi) is 9.44. The number of allylic oxidation sites excluding steroid dienone is 2. The molecule has 4 nitrogen and oxygen atoms in total. The Morgan fingerprint density at radius 3 is 1.88 bits per heavy atom. The van der Waals surface area contributed by atoms with Gasteiger partial charge in [0.2, 0.25) is 0 Å². The number of nitrogens with zero attached hydrogens (tertiary/aromatic N) is 3. The third-order valence-corrected chi connectivity index (χ3v) is 11.7. The van der Waals surface area contributed by atoms with Crippen molar-refractivity contribution in [3.63, 3.8) is 0 Å². The Hall–Kier alpha value is -7.43. The van der Waals surface area contributed by atoms with Crippen molar-refractivity contribution >= 4 is 34.7 Å². The molecule has 0 fully saturated rings. The first-order valence-electron chi connectivity index (χ1n) is 20.5. The number of hydrogen-bond donors (Lipinski definition) is 1. The molecule has 59 heavy (non-hydrogen) atoms. The van der Waals surface area contributed by atoms with Crippen LogP contribution in [0.3, 0.4) is 0 Å². The average molecular weight is 761 g/mol. The summed E-state index contributed by atoms with van der Waals surface area (Å²) in [5, 5.41) is 0. The smallest absolute Gasteiger partial charge is 0.131 e. The molecule has 2 unspecified atom stereocenters. The van der Waals surface area contributed by atoms with Gasteiger partial charge in [-0.2, -0.15) is 0 Å². The van der Waals surface area contributed by atoms with Crippen LogP contribution in [-0.2, 0) is 0 Å². The molecule has 1 aliphatic heterocycles. The second kappa shape index (κ2) is 15.5. The predicted octanol–water partition coefficient (Wildman–Crippen LogP) is 13.7. The highest BCUT2D eigenvalue weighted by Crippen LogP contribution is 2.56. The molecule has 1 aromatic heterocycles. The first-order valence-corrected chi connectivity index (χ1v) is 20.5. The molecule has 0 saturated carbocycles. The van der Waals surface area contributed by atoms with Gasteiger partial charge in [-0.05, 0) is 71.6 Å². The molecular weight excluding hydrogens is 717 g/mol. The monoisotopic (exact) mass is 760 g/mol. The van der Waals surface area contributed by atoms with Gasteiger partial charge >= 0.3 is 0 Å². The zero-order valence-electron chi connectivity index (χ0n) is 33.0. The fourth-order valence-corrected chi connectivity index (χ4v) is 8.94. The van der Waals surface area contributed by atoms with Crippen LogP contribution in [0.5, 0.6) is 0 Å². The van der Waals surface area contributed by atoms with Gasteiger partial charge in [-0.3, -0.25) is 0 Å². The summed E-state index contributed by atoms with van der Waals surface area (Å²) < 4.78 is 2.54. The standard InChI is InChI=1S/C55H44N4/c1-38(39-19-6-2-7-20-39)37-49(41-23-10-4-11-24-41)57-55(56)42-33-35-44(36-34-42)58-50-31-16-14-27-46(50)52-48-30-18-29-45(40-21-8-3-9-22-40)53(48)59(43-25-12-5-13-26-43)54(52)47-28-15-17-32-51(47)58/h2-28,30-38,45H,29H2,1H3,(H2,56,57)/b49-37-. The Morgan fingerprint density at radius 2 is 1.19 bits per heavy atom. The lowest BCUT2D eigenvalue weighted by Gasteiger charge is -2.29. The Bertz CT molecular complexity index is 2850. The lowest BCUT2D eigenvalue weighted by Crippen LogP contribution is -2.15. The van der Waals surface area contributed by atoms with Gasteiger partial charge in [-0.15, -0.1) is 0 Å². The van der Waals surface area contributed by atoms with E-state index in [9.17, 15) is 0 Å². The molecule has 0 spiro atoms. The number of aliphatic imine (C=N–C) groups is 1. The normalized spacial score (nSPS) is 15.1. The number of fused-ring (bicyclic) bond motifs is 7. The van der Waals surface area contributed by atoms with Gasteiger partial charge in [0.1, 0.15) is 5.84 Å². The second-order valence-corrected chi connectivity index (χ2v) is 15.3. The maximum absolute atomic E-state index is 6.87. The molecule has 2 heterocycles. The summed E-state index contributed by atoms with van der Waals surface area (Å²) in [5.74, 6) is 0.832. The summed E-state index contributed by atoms with van der Waals surface area (Å²) >= 11 is 0. The first-order chi connectivity index (χ1) is 29.1. The summed E-state index contributed by atoms with van der Waals surface area (Å²) in [5.41, 5.74) is 24.0. The highest BCUT2D eigenvalue weighted by Gasteiger charge is 2.36. The Balaban J connectivity index is 1.11. The molecule has 0 saturated heterocycles. The topological polar surface area (TPSA) is 46.5 Å². The minimum Gasteiger partial charge on any atom is -0.383 e. The van der Waals surface area contributed by atoms with Crippen molar-refractivity contribution in [1.82, 2.24) is 4.57 Å². The van der Waals surface area contributed by atoms with Crippen LogP contribution in [0.4, 0.5) is 17.1 Å². The molecule has 0 bridgehead atoms. The van der Waals surface area contributed by atoms with Crippen molar-refractivity contribution in [3.8, 4) is 28.1 Å². The summed E-state index contributed by atoms with van der Waals surface area (Å²) in [4.78, 5) is 7.48. The molecule has 10 rings (SSSR count). The molecule has 2 aliphatic rings. The number of hydrogen-bond acceptors (Lipinski definition) is 2. The largest absolute Gasteiger partial charge is 0.383 e. The van der Waals surface area contributed by atoms with Crippen molar-refractivity contribution in [2.75, 3.05) is 4.90 Å². The van der Waals surface area contributed by atoms with Gasteiger partial charge in [-0.1, -0.05) is 171 Å². The van der Waals surface area contributed by atoms with E-state index >= 15 is 0 Å². The minimum absolute atomic E-state index is 0.154. The highest BCUT2D eigenvalue weighted by molar-refractivity contribution is 6.06. The third kappa shape index (κ3) is 6.59. The van der Waals surface area contributed by atoms with Gasteiger partial charge in [0.15, 0.2) is 0 Å². The van der Waals surface area contributed by atoms with Gasteiger partial charge < -0.3 is 15.2 Å². The van der Waals surface area contributed by atoms with E-state index in [1.54, 1.807) is 0 Å². The second-order valence-electron chi connectivity index (χ2n) is 15.3. The SMILES string of the molecule is CC(/C=C(\N=C(N)c1ccc(N2c3ccccc3-c3c4c(n(-c5ccccc5)c3-c3ccccc32)C(c2ccccc2)CC=C4)cc1)c1ccccc1)c1ccccc1. The van der Waals surface area contributed by atoms with Gasteiger partial charge in [0.25, 0.3) is 0 Å². The Labute approximate surface area is 346 Å². The van der Waals surface area contributed by atoms with E-state index in [0.717, 1.165) is 46.0 Å². The van der Waals surface area contributed by atoms with Crippen LogP contribution in [0.1, 0.15) is 58.7 Å². The number of benzene rings is 7. The van der Waals surface area contributed by atoms with E-state index in [1.807, 2.05) is 24.3 Å². The summed E-state index contributed by atoms with van der Waals surface area (Å²) in [6, 6.07) is 68.9. The lowest BCUT2D eigenvalue weighted by atomic mass is 9.84. The minimum atomic E-state index is 0.154. The number of aromatic nitrogens is 1. The van der Waals surface area contributed by atoms with Crippen LogP contribution in [0.2, 0.25) is 0 Å². The van der Waals surface area contributed by atoms with E-state index in [-0.39, 0.29) is 11.8 Å². The average Bonchev–Trinajstić information content (AvgIpc) is 3.59. The van der Waals surface area contributed by atoms with Crippen LogP contribution >= 0.6 is 0 Å². The van der Waals surface area contributed by atoms with Crippen LogP contribution in [-0.4, -0.2) is 10.4 Å². The molecule has 284 valence electrons. The van der Waals surface area contributed by atoms with E-state index in [2.05, 4.69) is 204 Å². The number of rotatable bonds is 8. The number of nitrogens with two attached hydrogens (primary N) is 1. The molecule has 7 aromatic carbocycles. The van der Waals surface area contributed by atoms with Crippen LogP contribution in [0, 0.1) is 0 Å². The fraction of sp³-hybridized carbons (Fsp3) is 0.0727. The van der Waals surface area contributed by atoms with Gasteiger partial charge in [-0.25, -0.2) is 4.99 Å². The van der Waals surface area contributed by atoms with Crippen molar-refractivity contribution in [1.29, 1.82) is 0 Å².